The quantitative estimate of drug-likeness (QED) is 0.102. The highest BCUT2D eigenvalue weighted by Crippen LogP contribution is 2.22. The van der Waals surface area contributed by atoms with E-state index in [1.807, 2.05) is 78.9 Å². The van der Waals surface area contributed by atoms with Gasteiger partial charge in [0.2, 0.25) is 11.8 Å². The summed E-state index contributed by atoms with van der Waals surface area (Å²) in [6.07, 6.45) is 3.30. The molecule has 2 N–H and O–H groups in total. The largest absolute Gasteiger partial charge is 0.461 e. The van der Waals surface area contributed by atoms with Crippen LogP contribution in [0, 0.1) is 5.92 Å². The first-order valence-electron chi connectivity index (χ1n) is 17.0. The van der Waals surface area contributed by atoms with Gasteiger partial charge < -0.3 is 29.7 Å². The molecule has 1 fully saturated rings. The summed E-state index contributed by atoms with van der Waals surface area (Å²) in [5.41, 5.74) is 2.33. The summed E-state index contributed by atoms with van der Waals surface area (Å²) < 4.78 is 16.5. The Labute approximate surface area is 298 Å². The van der Waals surface area contributed by atoms with Crippen LogP contribution in [0.4, 0.5) is 4.79 Å². The zero-order valence-corrected chi connectivity index (χ0v) is 28.6. The van der Waals surface area contributed by atoms with E-state index in [0.717, 1.165) is 16.7 Å². The van der Waals surface area contributed by atoms with Gasteiger partial charge in [-0.1, -0.05) is 103 Å². The first-order valence-corrected chi connectivity index (χ1v) is 17.0. The second kappa shape index (κ2) is 20.1. The summed E-state index contributed by atoms with van der Waals surface area (Å²) in [5.74, 6) is -3.17. The number of amides is 3. The fourth-order valence-electron chi connectivity index (χ4n) is 5.73. The van der Waals surface area contributed by atoms with Crippen LogP contribution in [-0.4, -0.2) is 59.4 Å². The summed E-state index contributed by atoms with van der Waals surface area (Å²) >= 11 is 0. The van der Waals surface area contributed by atoms with Crippen LogP contribution in [0.2, 0.25) is 0 Å². The van der Waals surface area contributed by atoms with E-state index >= 15 is 0 Å². The molecule has 0 unspecified atom stereocenters. The van der Waals surface area contributed by atoms with E-state index in [-0.39, 0.29) is 45.6 Å². The van der Waals surface area contributed by atoms with E-state index < -0.39 is 53.9 Å². The van der Waals surface area contributed by atoms with Crippen molar-refractivity contribution in [2.45, 2.75) is 70.1 Å². The maximum Gasteiger partial charge on any atom is 0.408 e. The molecule has 4 rings (SSSR count). The van der Waals surface area contributed by atoms with Crippen LogP contribution in [0.1, 0.15) is 48.8 Å². The van der Waals surface area contributed by atoms with Gasteiger partial charge in [0.25, 0.3) is 0 Å². The second-order valence-corrected chi connectivity index (χ2v) is 12.2. The topological polar surface area (TPSA) is 140 Å². The first kappa shape index (κ1) is 38.1. The number of hydrogen-bond donors (Lipinski definition) is 2. The Morgan fingerprint density at radius 1 is 0.686 bits per heavy atom. The van der Waals surface area contributed by atoms with Crippen molar-refractivity contribution in [3.8, 4) is 0 Å². The van der Waals surface area contributed by atoms with Crippen LogP contribution in [-0.2, 0) is 53.2 Å². The number of rotatable bonds is 18. The number of carbonyl (C=O) groups excluding carboxylic acids is 5. The zero-order chi connectivity index (χ0) is 36.4. The van der Waals surface area contributed by atoms with E-state index in [1.165, 1.54) is 11.0 Å². The molecule has 4 atom stereocenters. The monoisotopic (exact) mass is 695 g/mol. The summed E-state index contributed by atoms with van der Waals surface area (Å²) in [4.78, 5) is 68.4. The number of allylic oxidation sites excluding steroid dienone is 1. The average Bonchev–Trinajstić information content (AvgIpc) is 3.66. The molecular formula is C40H45N3O8. The molecule has 3 aromatic carbocycles. The molecule has 0 saturated carbocycles. The van der Waals surface area contributed by atoms with Crippen LogP contribution in [0.25, 0.3) is 0 Å². The summed E-state index contributed by atoms with van der Waals surface area (Å²) in [6, 6.07) is 24.2. The Kier molecular flexibility index (Phi) is 15.0. The van der Waals surface area contributed by atoms with Gasteiger partial charge >= 0.3 is 18.0 Å². The maximum atomic E-state index is 13.8. The van der Waals surface area contributed by atoms with Crippen molar-refractivity contribution in [1.82, 2.24) is 15.5 Å². The molecule has 1 heterocycles. The lowest BCUT2D eigenvalue weighted by Crippen LogP contribution is -2.55. The molecule has 268 valence electrons. The molecule has 1 saturated heterocycles. The van der Waals surface area contributed by atoms with E-state index in [0.29, 0.717) is 12.8 Å². The Morgan fingerprint density at radius 3 is 1.73 bits per heavy atom. The maximum absolute atomic E-state index is 13.8. The van der Waals surface area contributed by atoms with Crippen LogP contribution in [0.3, 0.4) is 0 Å². The standard InChI is InChI=1S/C40H45N3O8/c1-3-15-32(38(46)49-26-29-17-8-5-9-18-29)25-34(39(47)50-27-30-19-10-6-11-20-30)41-36(44)35-23-14-24-43(35)37(45)33(16-4-2)42-40(48)51-28-31-21-12-7-13-22-31/h3-13,17-22,32-35H,1-2,14-16,23-28H2,(H,41,44)(H,42,48)/t32-,33-,34+,35+/m1/s1. The molecule has 1 aliphatic rings. The Bertz CT molecular complexity index is 1620. The molecule has 51 heavy (non-hydrogen) atoms. The van der Waals surface area contributed by atoms with Gasteiger partial charge in [-0.15, -0.1) is 13.2 Å². The molecule has 0 radical (unpaired) electrons. The van der Waals surface area contributed by atoms with Gasteiger partial charge in [-0.25, -0.2) is 9.59 Å². The molecule has 11 heteroatoms. The third kappa shape index (κ3) is 12.0. The Balaban J connectivity index is 1.45. The van der Waals surface area contributed by atoms with Crippen LogP contribution >= 0.6 is 0 Å². The number of esters is 2. The Morgan fingerprint density at radius 2 is 1.20 bits per heavy atom. The van der Waals surface area contributed by atoms with E-state index in [1.54, 1.807) is 18.2 Å². The molecule has 0 aromatic heterocycles. The van der Waals surface area contributed by atoms with Crippen molar-refractivity contribution in [2.24, 2.45) is 5.92 Å². The molecule has 11 nitrogen and oxygen atoms in total. The van der Waals surface area contributed by atoms with Crippen molar-refractivity contribution < 1.29 is 38.2 Å². The Hall–Kier alpha value is -5.71. The lowest BCUT2D eigenvalue weighted by Gasteiger charge is -2.29. The zero-order valence-electron chi connectivity index (χ0n) is 28.6. The molecular weight excluding hydrogens is 650 g/mol. The minimum absolute atomic E-state index is 0.0187. The van der Waals surface area contributed by atoms with Gasteiger partial charge in [-0.3, -0.25) is 14.4 Å². The van der Waals surface area contributed by atoms with Gasteiger partial charge in [0.1, 0.15) is 37.9 Å². The molecule has 3 aromatic rings. The lowest BCUT2D eigenvalue weighted by atomic mass is 9.96. The smallest absolute Gasteiger partial charge is 0.408 e. The van der Waals surface area contributed by atoms with Gasteiger partial charge in [0.05, 0.1) is 5.92 Å². The fraction of sp³-hybridized carbons (Fsp3) is 0.325. The number of alkyl carbamates (subject to hydrolysis) is 1. The molecule has 0 spiro atoms. The van der Waals surface area contributed by atoms with Crippen molar-refractivity contribution >= 4 is 29.8 Å². The average molecular weight is 696 g/mol. The summed E-state index contributed by atoms with van der Waals surface area (Å²) in [7, 11) is 0. The van der Waals surface area contributed by atoms with Crippen molar-refractivity contribution in [3.63, 3.8) is 0 Å². The minimum Gasteiger partial charge on any atom is -0.461 e. The number of likely N-dealkylation sites (tertiary alicyclic amines) is 1. The van der Waals surface area contributed by atoms with Crippen molar-refractivity contribution in [1.29, 1.82) is 0 Å². The molecule has 0 aliphatic carbocycles. The lowest BCUT2D eigenvalue weighted by molar-refractivity contribution is -0.154. The number of nitrogens with one attached hydrogen (secondary N) is 2. The minimum atomic E-state index is -1.23. The van der Waals surface area contributed by atoms with E-state index in [2.05, 4.69) is 23.8 Å². The number of benzene rings is 3. The highest BCUT2D eigenvalue weighted by atomic mass is 16.6. The highest BCUT2D eigenvalue weighted by Gasteiger charge is 2.39. The molecule has 3 amide bonds. The SMILES string of the molecule is C=CC[C@H](C[C@H](NC(=O)[C@@H]1CCCN1C(=O)[C@@H](CC=C)NC(=O)OCc1ccccc1)C(=O)OCc1ccccc1)C(=O)OCc1ccccc1. The second-order valence-electron chi connectivity index (χ2n) is 12.2. The van der Waals surface area contributed by atoms with E-state index in [4.69, 9.17) is 14.2 Å². The number of carbonyl (C=O) groups is 5. The molecule has 1 aliphatic heterocycles. The van der Waals surface area contributed by atoms with Gasteiger partial charge in [0.15, 0.2) is 0 Å². The van der Waals surface area contributed by atoms with Crippen LogP contribution in [0.15, 0.2) is 116 Å². The predicted octanol–water partition coefficient (Wildman–Crippen LogP) is 5.40. The normalized spacial score (nSPS) is 15.4. The fourth-order valence-corrected chi connectivity index (χ4v) is 5.73. The number of hydrogen-bond acceptors (Lipinski definition) is 8. The van der Waals surface area contributed by atoms with Crippen molar-refractivity contribution in [2.75, 3.05) is 6.54 Å². The van der Waals surface area contributed by atoms with Gasteiger partial charge in [-0.05, 0) is 48.8 Å². The summed E-state index contributed by atoms with van der Waals surface area (Å²) in [6.45, 7) is 7.76. The van der Waals surface area contributed by atoms with Gasteiger partial charge in [-0.2, -0.15) is 0 Å². The predicted molar refractivity (Wildman–Crippen MR) is 190 cm³/mol. The highest BCUT2D eigenvalue weighted by molar-refractivity contribution is 5.93. The third-order valence-electron chi connectivity index (χ3n) is 8.40. The number of ether oxygens (including phenoxy) is 3. The third-order valence-corrected chi connectivity index (χ3v) is 8.40. The first-order chi connectivity index (χ1) is 24.8. The van der Waals surface area contributed by atoms with Crippen LogP contribution < -0.4 is 10.6 Å². The summed E-state index contributed by atoms with van der Waals surface area (Å²) in [5, 5.41) is 5.37. The molecule has 0 bridgehead atoms. The van der Waals surface area contributed by atoms with Gasteiger partial charge in [0, 0.05) is 6.54 Å². The van der Waals surface area contributed by atoms with E-state index in [9.17, 15) is 24.0 Å². The van der Waals surface area contributed by atoms with Crippen molar-refractivity contribution in [3.05, 3.63) is 133 Å². The number of nitrogens with zero attached hydrogens (tertiary/aromatic N) is 1. The van der Waals surface area contributed by atoms with Crippen LogP contribution in [0.5, 0.6) is 0 Å².